The molecule has 42 heteroatoms. The van der Waals surface area contributed by atoms with Gasteiger partial charge in [0.25, 0.3) is 0 Å². The Hall–Kier alpha value is -3.42. The number of nitrogens with one attached hydrogen (secondary N) is 1. The predicted molar refractivity (Wildman–Crippen MR) is 596 cm³/mol. The maximum atomic E-state index is 11.6. The van der Waals surface area contributed by atoms with Crippen molar-refractivity contribution in [1.29, 1.82) is 0 Å². The molecule has 0 spiro atoms. The van der Waals surface area contributed by atoms with Crippen LogP contribution in [-0.2, 0) is 125 Å². The van der Waals surface area contributed by atoms with E-state index in [0.29, 0.717) is 116 Å². The highest BCUT2D eigenvalue weighted by Gasteiger charge is 2.35. The summed E-state index contributed by atoms with van der Waals surface area (Å²) in [5.41, 5.74) is 5.91. The summed E-state index contributed by atoms with van der Waals surface area (Å²) >= 11 is 30.2. The van der Waals surface area contributed by atoms with E-state index < -0.39 is 69.3 Å². The van der Waals surface area contributed by atoms with E-state index in [1.807, 2.05) is 62.2 Å². The Morgan fingerprint density at radius 2 is 0.706 bits per heavy atom. The number of hydrogen-bond donors (Lipinski definition) is 5. The molecule has 0 amide bonds. The highest BCUT2D eigenvalue weighted by atomic mass is 79.9. The molecule has 0 aliphatic heterocycles. The Kier molecular flexibility index (Phi) is 98.0. The van der Waals surface area contributed by atoms with E-state index in [9.17, 15) is 53.2 Å². The molecule has 0 aliphatic rings. The van der Waals surface area contributed by atoms with Crippen LogP contribution in [0.3, 0.4) is 0 Å². The lowest BCUT2D eigenvalue weighted by Gasteiger charge is -2.29. The van der Waals surface area contributed by atoms with Crippen LogP contribution < -0.4 is 5.48 Å². The van der Waals surface area contributed by atoms with Crippen molar-refractivity contribution in [3.63, 3.8) is 0 Å². The number of halogens is 9. The minimum absolute atomic E-state index is 0.0369. The Morgan fingerprint density at radius 3 is 1.03 bits per heavy atom. The van der Waals surface area contributed by atoms with Crippen LogP contribution in [0.5, 0.6) is 0 Å². The average Bonchev–Trinajstić information content (AvgIpc) is 0.843. The van der Waals surface area contributed by atoms with E-state index in [1.165, 1.54) is 6.92 Å². The number of unbranched alkanes of at least 4 members (excludes halogenated alkanes) is 7. The second kappa shape index (κ2) is 89.1. The minimum atomic E-state index is -0.920. The summed E-state index contributed by atoms with van der Waals surface area (Å²) in [6.45, 7) is 80.6. The highest BCUT2D eigenvalue weighted by Crippen LogP contribution is 2.35. The molecule has 0 aromatic carbocycles. The standard InChI is InChI=1S/C16H29BrO6.C15H27Br2NO2.C15H27BrO6.C13H21BrO3.C11H19BrO5.C11H17BrO3.C10H20BrNO.C9H13BrO4.CH2O/c1-13(2)14(23-19)9-12-22-21-11-8-6-5-7-10-20-15(18)16(3,4)17;1-12(2)15(18-19,9-7-8-13(3,4)16)10-11-20-14(5,6)17;1-12(2)13(22-18)8-11-21-20-10-7-5-6-9-19-14(17)15(3,4)16;1-10(2)12(16)17-9-7-5-6-8-11(15)13(3,4)14;1-8(2)10(14)15-5-9(13)6-16-17-7-11(3,4)12;1-8(2)10(14)15-7-5-6-9(13)11(3,4)12;1-8(2)9(12-13)6-5-7-10(3,4)11;1-4-7(11)13-5-6-14-8(12)9(2,3)10;1-2/h14,19H,1,5-12H2,2-4H3;1,7-11H2,2-6H3;13,18H,1,5-11H2,2-4H3;1,5-9H2,2-4H3;9,13H,1,5-7H2,2-4H3;1,5-7H2,2-4H3;9,12-13H,1,5-7H2,2-4H3;4H,1,5-6H2,2-3H3;1H2. The van der Waals surface area contributed by atoms with E-state index in [2.05, 4.69) is 249 Å². The van der Waals surface area contributed by atoms with E-state index in [-0.39, 0.29) is 91.6 Å². The first-order valence-corrected chi connectivity index (χ1v) is 54.0. The van der Waals surface area contributed by atoms with Gasteiger partial charge in [0, 0.05) is 67.9 Å². The van der Waals surface area contributed by atoms with Crippen molar-refractivity contribution in [1.82, 2.24) is 5.48 Å². The van der Waals surface area contributed by atoms with Gasteiger partial charge in [0.2, 0.25) is 0 Å². The van der Waals surface area contributed by atoms with Gasteiger partial charge >= 0.3 is 41.8 Å². The van der Waals surface area contributed by atoms with E-state index in [1.54, 1.807) is 83.1 Å². The molecule has 33 nitrogen and oxygen atoms in total. The van der Waals surface area contributed by atoms with Crippen molar-refractivity contribution in [2.75, 3.05) is 92.5 Å². The number of Topliss-reactive ketones (excluding diaryl/α,β-unsaturated/α-hetero) is 2. The zero-order valence-electron chi connectivity index (χ0n) is 89.9. The molecule has 5 N–H and O–H groups in total. The molecular formula is C101H175Br9N2O31. The number of nitroso groups, excluding NO2 is 1. The first-order chi connectivity index (χ1) is 65.4. The molecular weight excluding hydrogens is 2460 g/mol. The normalized spacial score (nSPS) is 12.7. The lowest BCUT2D eigenvalue weighted by molar-refractivity contribution is -0.310. The minimum Gasteiger partial charge on any atom is -0.465 e. The lowest BCUT2D eigenvalue weighted by Crippen LogP contribution is -2.31. The quantitative estimate of drug-likeness (QED) is 0.00434. The second-order valence-electron chi connectivity index (χ2n) is 37.8. The van der Waals surface area contributed by atoms with Crippen molar-refractivity contribution in [3.05, 3.63) is 103 Å². The van der Waals surface area contributed by atoms with Crippen LogP contribution in [0.2, 0.25) is 0 Å². The first kappa shape index (κ1) is 157. The van der Waals surface area contributed by atoms with Gasteiger partial charge in [-0.25, -0.2) is 58.3 Å². The van der Waals surface area contributed by atoms with Gasteiger partial charge in [-0.3, -0.25) is 34.5 Å². The third-order valence-corrected chi connectivity index (χ3v) is 21.1. The topological polar surface area (TPSA) is 441 Å². The Morgan fingerprint density at radius 1 is 0.364 bits per heavy atom. The van der Waals surface area contributed by atoms with Crippen molar-refractivity contribution < 1.29 is 146 Å². The molecule has 0 radical (unpaired) electrons. The van der Waals surface area contributed by atoms with Crippen LogP contribution in [0.4, 0.5) is 0 Å². The molecule has 0 fully saturated rings. The zero-order chi connectivity index (χ0) is 113. The zero-order valence-corrected chi connectivity index (χ0v) is 104. The highest BCUT2D eigenvalue weighted by molar-refractivity contribution is 9.11. The monoisotopic (exact) mass is 2620 g/mol. The number of nitrogens with zero attached hydrogens (tertiary/aromatic N) is 1. The third kappa shape index (κ3) is 110. The fourth-order valence-corrected chi connectivity index (χ4v) is 10.9. The number of alkyl halides is 9. The Bertz CT molecular complexity index is 3560. The molecule has 0 rings (SSSR count). The summed E-state index contributed by atoms with van der Waals surface area (Å²) in [7, 11) is 0. The molecule has 0 saturated heterocycles. The van der Waals surface area contributed by atoms with Crippen molar-refractivity contribution in [2.45, 2.75) is 383 Å². The predicted octanol–water partition coefficient (Wildman–Crippen LogP) is 25.8. The summed E-state index contributed by atoms with van der Waals surface area (Å²) in [5.74, 6) is -2.40. The van der Waals surface area contributed by atoms with Crippen LogP contribution in [-0.4, -0.2) is 242 Å². The summed E-state index contributed by atoms with van der Waals surface area (Å²) in [5, 5.41) is 38.8. The van der Waals surface area contributed by atoms with E-state index in [4.69, 9.17) is 83.0 Å². The smallest absolute Gasteiger partial charge is 0.333 e. The maximum absolute atomic E-state index is 11.6. The average molecular weight is 2630 g/mol. The fraction of sp³-hybridized carbons (Fsp3) is 0.743. The molecule has 838 valence electrons. The fourth-order valence-electron chi connectivity index (χ4n) is 9.31. The van der Waals surface area contributed by atoms with Gasteiger partial charge in [0.1, 0.15) is 86.1 Å². The number of rotatable bonds is 70. The van der Waals surface area contributed by atoms with Gasteiger partial charge < -0.3 is 53.0 Å². The number of carbonyl (C=O) groups is 10. The number of carbonyl (C=O) groups excluding carboxylic acids is 10. The van der Waals surface area contributed by atoms with Gasteiger partial charge in [-0.05, 0) is 258 Å². The molecule has 0 aromatic rings. The largest absolute Gasteiger partial charge is 0.465 e. The van der Waals surface area contributed by atoms with Crippen LogP contribution in [0.1, 0.15) is 314 Å². The molecule has 0 saturated carbocycles. The van der Waals surface area contributed by atoms with Gasteiger partial charge in [0.15, 0.2) is 0 Å². The molecule has 0 aliphatic carbocycles. The van der Waals surface area contributed by atoms with Crippen LogP contribution in [0.25, 0.3) is 0 Å². The SMILES string of the molecule is C=C(C)C(=O)OCC(O)COOCC(C)(C)Br.C=C(C)C(=O)OCCCC(=O)C(C)(C)Br.C=C(C)C(=O)OCCCCCC(=O)C(C)(C)Br.C=C(C)C(CCCC(C)(C)Br)(CCOC(C)(C)Br)N=O.C=C(C)C(CCCC(C)(C)Br)NO.C=C(C)C(CCOOCCCCCCOC(=O)C(C)(C)Br)OO.C=C(C)C(CCOOCCCCCOC(=O)C(C)(C)Br)OO.C=CC(=O)OCCOC(=O)C(C)(C)Br.C=O. The maximum Gasteiger partial charge on any atom is 0.333 e. The molecule has 0 bridgehead atoms. The van der Waals surface area contributed by atoms with Crippen molar-refractivity contribution >= 4 is 204 Å². The molecule has 0 aromatic heterocycles. The van der Waals surface area contributed by atoms with Crippen molar-refractivity contribution in [3.8, 4) is 0 Å². The molecule has 5 atom stereocenters. The van der Waals surface area contributed by atoms with Gasteiger partial charge in [0.05, 0.1) is 80.8 Å². The van der Waals surface area contributed by atoms with Gasteiger partial charge in [-0.15, -0.1) is 4.91 Å². The van der Waals surface area contributed by atoms with Crippen molar-refractivity contribution in [2.24, 2.45) is 5.18 Å². The number of hydroxylamine groups is 1. The van der Waals surface area contributed by atoms with Crippen LogP contribution in [0, 0.1) is 4.91 Å². The van der Waals surface area contributed by atoms with Gasteiger partial charge in [-0.2, -0.15) is 5.48 Å². The lowest BCUT2D eigenvalue weighted by atomic mass is 9.83. The number of aliphatic hydroxyl groups excluding tert-OH is 1. The van der Waals surface area contributed by atoms with Crippen LogP contribution in [0.15, 0.2) is 103 Å². The second-order valence-corrected chi connectivity index (χ2v) is 56.1. The number of aliphatic hydroxyl groups is 1. The summed E-state index contributed by atoms with van der Waals surface area (Å²) in [6.07, 6.45) is 16.7. The molecule has 0 heterocycles. The Balaban J connectivity index is -0.000000206. The number of hydrogen-bond acceptors (Lipinski definition) is 33. The van der Waals surface area contributed by atoms with E-state index >= 15 is 0 Å². The van der Waals surface area contributed by atoms with Gasteiger partial charge in [-0.1, -0.05) is 247 Å². The summed E-state index contributed by atoms with van der Waals surface area (Å²) in [6, 6.07) is 0.0369. The van der Waals surface area contributed by atoms with E-state index in [0.717, 1.165) is 125 Å². The number of esters is 7. The molecule has 5 unspecified atom stereocenters. The number of ketones is 2. The number of ether oxygens (including phenoxy) is 8. The third-order valence-electron chi connectivity index (χ3n) is 18.0. The Labute approximate surface area is 930 Å². The summed E-state index contributed by atoms with van der Waals surface area (Å²) < 4.78 is 36.7. The summed E-state index contributed by atoms with van der Waals surface area (Å²) in [4.78, 5) is 158. The van der Waals surface area contributed by atoms with Crippen LogP contribution >= 0.6 is 143 Å². The first-order valence-electron chi connectivity index (χ1n) is 46.8. The molecule has 143 heavy (non-hydrogen) atoms.